The average molecular weight is 400 g/mol. The van der Waals surface area contributed by atoms with Crippen LogP contribution in [0.15, 0.2) is 70.9 Å². The lowest BCUT2D eigenvalue weighted by Gasteiger charge is -2.09. The van der Waals surface area contributed by atoms with Crippen LogP contribution in [0.5, 0.6) is 0 Å². The van der Waals surface area contributed by atoms with E-state index in [-0.39, 0.29) is 16.4 Å². The van der Waals surface area contributed by atoms with Gasteiger partial charge in [0.2, 0.25) is 0 Å². The zero-order valence-corrected chi connectivity index (χ0v) is 15.9. The number of hydrogen-bond acceptors (Lipinski definition) is 5. The van der Waals surface area contributed by atoms with E-state index in [4.69, 9.17) is 0 Å². The van der Waals surface area contributed by atoms with Crippen LogP contribution >= 0.6 is 11.3 Å². The molecule has 0 unspecified atom stereocenters. The van der Waals surface area contributed by atoms with Crippen molar-refractivity contribution in [3.8, 4) is 0 Å². The van der Waals surface area contributed by atoms with Crippen molar-refractivity contribution < 1.29 is 18.0 Å². The molecule has 0 aliphatic carbocycles. The lowest BCUT2D eigenvalue weighted by molar-refractivity contribution is 0.102. The number of hydrogen-bond donors (Lipinski definition) is 2. The smallest absolute Gasteiger partial charge is 0.265 e. The van der Waals surface area contributed by atoms with E-state index in [0.29, 0.717) is 16.3 Å². The molecule has 0 radical (unpaired) electrons. The van der Waals surface area contributed by atoms with E-state index in [1.165, 1.54) is 35.6 Å². The van der Waals surface area contributed by atoms with Gasteiger partial charge in [-0.05, 0) is 47.8 Å². The van der Waals surface area contributed by atoms with Crippen LogP contribution in [0.25, 0.3) is 0 Å². The van der Waals surface area contributed by atoms with Gasteiger partial charge in [0.25, 0.3) is 11.8 Å². The number of rotatable bonds is 5. The maximum Gasteiger partial charge on any atom is 0.265 e. The molecule has 0 aliphatic heterocycles. The zero-order valence-electron chi connectivity index (χ0n) is 14.3. The number of benzene rings is 2. The molecular weight excluding hydrogens is 384 g/mol. The van der Waals surface area contributed by atoms with E-state index in [9.17, 15) is 18.0 Å². The Kier molecular flexibility index (Phi) is 5.38. The highest BCUT2D eigenvalue weighted by Crippen LogP contribution is 2.19. The van der Waals surface area contributed by atoms with Crippen LogP contribution in [0.4, 0.5) is 11.4 Å². The summed E-state index contributed by atoms with van der Waals surface area (Å²) in [7, 11) is -3.40. The van der Waals surface area contributed by atoms with E-state index in [0.717, 1.165) is 6.26 Å². The first kappa shape index (κ1) is 18.8. The number of amides is 2. The zero-order chi connectivity index (χ0) is 19.4. The predicted octanol–water partition coefficient (Wildman–Crippen LogP) is 3.66. The van der Waals surface area contributed by atoms with Crippen LogP contribution in [0.3, 0.4) is 0 Å². The number of carbonyl (C=O) groups excluding carboxylic acids is 2. The lowest BCUT2D eigenvalue weighted by Crippen LogP contribution is -2.14. The van der Waals surface area contributed by atoms with Crippen LogP contribution in [-0.4, -0.2) is 26.5 Å². The van der Waals surface area contributed by atoms with Crippen molar-refractivity contribution in [3.05, 3.63) is 76.5 Å². The Bertz CT molecular complexity index is 1090. The van der Waals surface area contributed by atoms with Gasteiger partial charge in [0.1, 0.15) is 0 Å². The normalized spacial score (nSPS) is 11.0. The van der Waals surface area contributed by atoms with Crippen molar-refractivity contribution in [1.82, 2.24) is 0 Å². The Hall–Kier alpha value is -2.97. The summed E-state index contributed by atoms with van der Waals surface area (Å²) in [4.78, 5) is 25.2. The van der Waals surface area contributed by atoms with Crippen LogP contribution in [0.1, 0.15) is 20.0 Å². The number of anilines is 2. The second-order valence-corrected chi connectivity index (χ2v) is 8.73. The van der Waals surface area contributed by atoms with Gasteiger partial charge in [-0.3, -0.25) is 9.59 Å². The Morgan fingerprint density at radius 2 is 1.52 bits per heavy atom. The lowest BCUT2D eigenvalue weighted by atomic mass is 10.2. The second-order valence-electron chi connectivity index (χ2n) is 5.77. The van der Waals surface area contributed by atoms with Crippen molar-refractivity contribution in [2.24, 2.45) is 0 Å². The molecule has 2 amide bonds. The summed E-state index contributed by atoms with van der Waals surface area (Å²) in [6.07, 6.45) is 1.09. The summed E-state index contributed by atoms with van der Waals surface area (Å²) in [5, 5.41) is 7.29. The molecule has 2 aromatic carbocycles. The van der Waals surface area contributed by atoms with Crippen molar-refractivity contribution >= 4 is 44.4 Å². The third kappa shape index (κ3) is 4.81. The number of carbonyl (C=O) groups is 2. The van der Waals surface area contributed by atoms with Crippen LogP contribution in [0.2, 0.25) is 0 Å². The minimum atomic E-state index is -3.40. The largest absolute Gasteiger partial charge is 0.322 e. The molecule has 0 saturated carbocycles. The number of thiophene rings is 1. The Labute approximate surface area is 160 Å². The Morgan fingerprint density at radius 3 is 2.15 bits per heavy atom. The summed E-state index contributed by atoms with van der Waals surface area (Å²) < 4.78 is 23.3. The standard InChI is InChI=1S/C19H16N2O4S2/c1-27(24,25)16-8-2-5-13(11-16)18(22)20-14-6-3-7-15(12-14)21-19(23)17-9-4-10-26-17/h2-12H,1H3,(H,20,22)(H,21,23). The third-order valence-electron chi connectivity index (χ3n) is 3.65. The highest BCUT2D eigenvalue weighted by Gasteiger charge is 2.12. The SMILES string of the molecule is CS(=O)(=O)c1cccc(C(=O)Nc2cccc(NC(=O)c3cccs3)c2)c1. The van der Waals surface area contributed by atoms with Crippen molar-refractivity contribution in [3.63, 3.8) is 0 Å². The van der Waals surface area contributed by atoms with E-state index in [1.807, 2.05) is 5.38 Å². The van der Waals surface area contributed by atoms with Gasteiger partial charge in [-0.2, -0.15) is 0 Å². The maximum atomic E-state index is 12.4. The summed E-state index contributed by atoms with van der Waals surface area (Å²) in [5.41, 5.74) is 1.25. The maximum absolute atomic E-state index is 12.4. The van der Waals surface area contributed by atoms with Crippen molar-refractivity contribution in [2.75, 3.05) is 16.9 Å². The summed E-state index contributed by atoms with van der Waals surface area (Å²) in [6, 6.07) is 16.1. The fourth-order valence-corrected chi connectivity index (χ4v) is 3.63. The molecule has 6 nitrogen and oxygen atoms in total. The summed E-state index contributed by atoms with van der Waals surface area (Å²) in [5.74, 6) is -0.670. The number of sulfone groups is 1. The van der Waals surface area contributed by atoms with Crippen LogP contribution in [0, 0.1) is 0 Å². The van der Waals surface area contributed by atoms with Gasteiger partial charge in [0.05, 0.1) is 9.77 Å². The van der Waals surface area contributed by atoms with E-state index in [1.54, 1.807) is 36.4 Å². The molecule has 0 saturated heterocycles. The second kappa shape index (κ2) is 7.73. The van der Waals surface area contributed by atoms with Crippen LogP contribution < -0.4 is 10.6 Å². The number of nitrogens with one attached hydrogen (secondary N) is 2. The van der Waals surface area contributed by atoms with E-state index in [2.05, 4.69) is 10.6 Å². The third-order valence-corrected chi connectivity index (χ3v) is 5.63. The predicted molar refractivity (Wildman–Crippen MR) is 106 cm³/mol. The van der Waals surface area contributed by atoms with Gasteiger partial charge in [-0.1, -0.05) is 18.2 Å². The Balaban J connectivity index is 1.74. The summed E-state index contributed by atoms with van der Waals surface area (Å²) >= 11 is 1.33. The molecule has 1 heterocycles. The molecule has 27 heavy (non-hydrogen) atoms. The fraction of sp³-hybridized carbons (Fsp3) is 0.0526. The highest BCUT2D eigenvalue weighted by atomic mass is 32.2. The van der Waals surface area contributed by atoms with Gasteiger partial charge in [-0.25, -0.2) is 8.42 Å². The molecule has 0 atom stereocenters. The first-order valence-electron chi connectivity index (χ1n) is 7.89. The highest BCUT2D eigenvalue weighted by molar-refractivity contribution is 7.90. The summed E-state index contributed by atoms with van der Waals surface area (Å²) in [6.45, 7) is 0. The monoisotopic (exact) mass is 400 g/mol. The minimum absolute atomic E-state index is 0.0760. The van der Waals surface area contributed by atoms with Crippen molar-refractivity contribution in [1.29, 1.82) is 0 Å². The van der Waals surface area contributed by atoms with Gasteiger partial charge >= 0.3 is 0 Å². The quantitative estimate of drug-likeness (QED) is 0.684. The Morgan fingerprint density at radius 1 is 0.852 bits per heavy atom. The molecule has 0 bridgehead atoms. The van der Waals surface area contributed by atoms with E-state index >= 15 is 0 Å². The first-order chi connectivity index (χ1) is 12.8. The van der Waals surface area contributed by atoms with Crippen molar-refractivity contribution in [2.45, 2.75) is 4.90 Å². The van der Waals surface area contributed by atoms with Gasteiger partial charge in [0.15, 0.2) is 9.84 Å². The van der Waals surface area contributed by atoms with E-state index < -0.39 is 15.7 Å². The molecule has 1 aromatic heterocycles. The molecule has 2 N–H and O–H groups in total. The molecule has 138 valence electrons. The molecule has 3 aromatic rings. The fourth-order valence-electron chi connectivity index (χ4n) is 2.35. The molecule has 0 aliphatic rings. The molecule has 0 spiro atoms. The minimum Gasteiger partial charge on any atom is -0.322 e. The van der Waals surface area contributed by atoms with Gasteiger partial charge in [0, 0.05) is 23.2 Å². The first-order valence-corrected chi connectivity index (χ1v) is 10.7. The molecule has 8 heteroatoms. The molecule has 0 fully saturated rings. The van der Waals surface area contributed by atoms with Gasteiger partial charge < -0.3 is 10.6 Å². The molecular formula is C19H16N2O4S2. The van der Waals surface area contributed by atoms with Crippen LogP contribution in [-0.2, 0) is 9.84 Å². The topological polar surface area (TPSA) is 92.3 Å². The molecule has 3 rings (SSSR count). The van der Waals surface area contributed by atoms with Gasteiger partial charge in [-0.15, -0.1) is 11.3 Å². The average Bonchev–Trinajstić information content (AvgIpc) is 3.16.